The molecule has 2 nitrogen and oxygen atoms in total. The molecule has 0 N–H and O–H groups in total. The first kappa shape index (κ1) is 13.2. The molecule has 1 aliphatic carbocycles. The van der Waals surface area contributed by atoms with Crippen LogP contribution in [-0.4, -0.2) is 21.0 Å². The number of methoxy groups -OCH3 is 1. The zero-order valence-electron chi connectivity index (χ0n) is 7.77. The van der Waals surface area contributed by atoms with Gasteiger partial charge in [0.15, 0.2) is 0 Å². The predicted octanol–water partition coefficient (Wildman–Crippen LogP) is 2.42. The van der Waals surface area contributed by atoms with Gasteiger partial charge in [-0.2, -0.15) is 0 Å². The minimum Gasteiger partial charge on any atom is -0.388 e. The standard InChI is InChI=1S/C6H12.C2H6O.CH2O/c1-2-4-6-5-3-1;1-3-2;1-2/h1-6H2;1-2H3;1H2. The van der Waals surface area contributed by atoms with Gasteiger partial charge in [-0.1, -0.05) is 38.5 Å². The summed E-state index contributed by atoms with van der Waals surface area (Å²) in [4.78, 5) is 8.00. The molecule has 0 aliphatic heterocycles. The number of rotatable bonds is 0. The van der Waals surface area contributed by atoms with Crippen molar-refractivity contribution in [1.29, 1.82) is 0 Å². The lowest BCUT2D eigenvalue weighted by atomic mass is 10.0. The summed E-state index contributed by atoms with van der Waals surface area (Å²) in [5.74, 6) is 0. The van der Waals surface area contributed by atoms with Crippen molar-refractivity contribution in [1.82, 2.24) is 0 Å². The first-order chi connectivity index (χ1) is 5.41. The van der Waals surface area contributed by atoms with Crippen LogP contribution in [0.4, 0.5) is 0 Å². The van der Waals surface area contributed by atoms with E-state index in [1.165, 1.54) is 38.5 Å². The maximum Gasteiger partial charge on any atom is 0.106 e. The molecule has 0 unspecified atom stereocenters. The van der Waals surface area contributed by atoms with Crippen molar-refractivity contribution in [3.8, 4) is 0 Å². The molecule has 0 amide bonds. The number of ether oxygens (including phenoxy) is 1. The van der Waals surface area contributed by atoms with Crippen LogP contribution in [0.1, 0.15) is 38.5 Å². The van der Waals surface area contributed by atoms with Gasteiger partial charge in [-0.05, 0) is 0 Å². The molecule has 0 bridgehead atoms. The Kier molecular flexibility index (Phi) is 19.6. The molecule has 1 saturated carbocycles. The summed E-state index contributed by atoms with van der Waals surface area (Å²) in [5.41, 5.74) is 0. The fourth-order valence-corrected chi connectivity index (χ4v) is 1.06. The molecule has 0 radical (unpaired) electrons. The summed E-state index contributed by atoms with van der Waals surface area (Å²) < 4.78 is 4.25. The highest BCUT2D eigenvalue weighted by molar-refractivity contribution is 5.10. The average Bonchev–Trinajstić information content (AvgIpc) is 2.12. The van der Waals surface area contributed by atoms with E-state index in [-0.39, 0.29) is 0 Å². The van der Waals surface area contributed by atoms with Crippen molar-refractivity contribution in [2.75, 3.05) is 14.2 Å². The van der Waals surface area contributed by atoms with Crippen LogP contribution >= 0.6 is 0 Å². The van der Waals surface area contributed by atoms with Gasteiger partial charge in [-0.25, -0.2) is 0 Å². The van der Waals surface area contributed by atoms with E-state index in [9.17, 15) is 0 Å². The second kappa shape index (κ2) is 16.3. The average molecular weight is 160 g/mol. The topological polar surface area (TPSA) is 26.3 Å². The lowest BCUT2D eigenvalue weighted by molar-refractivity contribution is -0.0979. The summed E-state index contributed by atoms with van der Waals surface area (Å²) in [6.45, 7) is 2.00. The van der Waals surface area contributed by atoms with Crippen LogP contribution in [0.5, 0.6) is 0 Å². The molecule has 2 heteroatoms. The quantitative estimate of drug-likeness (QED) is 0.544. The number of carbonyl (C=O) groups excluding carboxylic acids is 1. The highest BCUT2D eigenvalue weighted by Gasteiger charge is 1.95. The van der Waals surface area contributed by atoms with Gasteiger partial charge < -0.3 is 9.53 Å². The van der Waals surface area contributed by atoms with Crippen molar-refractivity contribution in [2.24, 2.45) is 0 Å². The third-order valence-electron chi connectivity index (χ3n) is 1.50. The number of hydrogen-bond acceptors (Lipinski definition) is 2. The first-order valence-corrected chi connectivity index (χ1v) is 4.11. The fraction of sp³-hybridized carbons (Fsp3) is 0.889. The first-order valence-electron chi connectivity index (χ1n) is 4.11. The fourth-order valence-electron chi connectivity index (χ4n) is 1.06. The van der Waals surface area contributed by atoms with Gasteiger partial charge in [-0.3, -0.25) is 0 Å². The summed E-state index contributed by atoms with van der Waals surface area (Å²) in [6.07, 6.45) is 9.00. The third-order valence-corrected chi connectivity index (χ3v) is 1.50. The normalized spacial score (nSPS) is 15.1. The third kappa shape index (κ3) is 17.7. The zero-order chi connectivity index (χ0) is 8.95. The van der Waals surface area contributed by atoms with Gasteiger partial charge >= 0.3 is 0 Å². The molecule has 1 rings (SSSR count). The highest BCUT2D eigenvalue weighted by atomic mass is 16.4. The van der Waals surface area contributed by atoms with E-state index in [1.54, 1.807) is 14.2 Å². The minimum atomic E-state index is 1.50. The van der Waals surface area contributed by atoms with Gasteiger partial charge in [0.25, 0.3) is 0 Å². The van der Waals surface area contributed by atoms with Crippen LogP contribution in [0.15, 0.2) is 0 Å². The van der Waals surface area contributed by atoms with Gasteiger partial charge in [0.05, 0.1) is 0 Å². The van der Waals surface area contributed by atoms with Gasteiger partial charge in [0, 0.05) is 14.2 Å². The van der Waals surface area contributed by atoms with Crippen LogP contribution in [0.3, 0.4) is 0 Å². The summed E-state index contributed by atoms with van der Waals surface area (Å²) in [6, 6.07) is 0. The largest absolute Gasteiger partial charge is 0.388 e. The van der Waals surface area contributed by atoms with Crippen LogP contribution in [-0.2, 0) is 9.53 Å². The van der Waals surface area contributed by atoms with Gasteiger partial charge in [-0.15, -0.1) is 0 Å². The Morgan fingerprint density at radius 2 is 0.909 bits per heavy atom. The molecule has 1 aliphatic rings. The molecule has 11 heavy (non-hydrogen) atoms. The lowest BCUT2D eigenvalue weighted by Crippen LogP contribution is -1.85. The van der Waals surface area contributed by atoms with E-state index in [2.05, 4.69) is 4.74 Å². The number of hydrogen-bond donors (Lipinski definition) is 0. The SMILES string of the molecule is C1CCCCC1.C=O.COC. The highest BCUT2D eigenvalue weighted by Crippen LogP contribution is 2.15. The minimum absolute atomic E-state index is 1.50. The van der Waals surface area contributed by atoms with E-state index >= 15 is 0 Å². The molecule has 0 saturated heterocycles. The van der Waals surface area contributed by atoms with Crippen LogP contribution < -0.4 is 0 Å². The Hall–Kier alpha value is -0.370. The van der Waals surface area contributed by atoms with Crippen LogP contribution in [0, 0.1) is 0 Å². The maximum atomic E-state index is 8.00. The number of carbonyl (C=O) groups is 1. The van der Waals surface area contributed by atoms with E-state index in [0.29, 0.717) is 0 Å². The van der Waals surface area contributed by atoms with Crippen molar-refractivity contribution in [3.05, 3.63) is 0 Å². The zero-order valence-corrected chi connectivity index (χ0v) is 7.77. The Labute approximate surface area is 69.9 Å². The van der Waals surface area contributed by atoms with Crippen molar-refractivity contribution in [2.45, 2.75) is 38.5 Å². The molecule has 0 heterocycles. The predicted molar refractivity (Wildman–Crippen MR) is 47.8 cm³/mol. The Morgan fingerprint density at radius 3 is 1.00 bits per heavy atom. The van der Waals surface area contributed by atoms with Crippen LogP contribution in [0.2, 0.25) is 0 Å². The Morgan fingerprint density at radius 1 is 0.818 bits per heavy atom. The lowest BCUT2D eigenvalue weighted by Gasteiger charge is -2.05. The van der Waals surface area contributed by atoms with Crippen molar-refractivity contribution < 1.29 is 9.53 Å². The summed E-state index contributed by atoms with van der Waals surface area (Å²) in [5, 5.41) is 0. The molecule has 0 aromatic heterocycles. The molecule has 1 fully saturated rings. The van der Waals surface area contributed by atoms with E-state index in [0.717, 1.165) is 0 Å². The molecule has 68 valence electrons. The van der Waals surface area contributed by atoms with Gasteiger partial charge in [0.2, 0.25) is 0 Å². The van der Waals surface area contributed by atoms with Crippen LogP contribution in [0.25, 0.3) is 0 Å². The second-order valence-corrected chi connectivity index (χ2v) is 2.53. The molecule has 0 aromatic carbocycles. The summed E-state index contributed by atoms with van der Waals surface area (Å²) in [7, 11) is 3.25. The monoisotopic (exact) mass is 160 g/mol. The smallest absolute Gasteiger partial charge is 0.106 e. The molecular formula is C9H20O2. The Balaban J connectivity index is 0. The van der Waals surface area contributed by atoms with Crippen molar-refractivity contribution >= 4 is 6.79 Å². The molecule has 0 aromatic rings. The molecule has 0 spiro atoms. The molecular weight excluding hydrogens is 140 g/mol. The van der Waals surface area contributed by atoms with Crippen molar-refractivity contribution in [3.63, 3.8) is 0 Å². The van der Waals surface area contributed by atoms with Gasteiger partial charge in [0.1, 0.15) is 6.79 Å². The van der Waals surface area contributed by atoms with E-state index < -0.39 is 0 Å². The Bertz CT molecular complexity index is 40.0. The van der Waals surface area contributed by atoms with E-state index in [4.69, 9.17) is 4.79 Å². The molecule has 0 atom stereocenters. The van der Waals surface area contributed by atoms with E-state index in [1.807, 2.05) is 6.79 Å². The second-order valence-electron chi connectivity index (χ2n) is 2.53. The summed E-state index contributed by atoms with van der Waals surface area (Å²) >= 11 is 0. The maximum absolute atomic E-state index is 8.00.